The molecule has 0 saturated heterocycles. The van der Waals surface area contributed by atoms with E-state index in [4.69, 9.17) is 0 Å². The van der Waals surface area contributed by atoms with Gasteiger partial charge in [-0.05, 0) is 59.5 Å². The molecule has 0 saturated carbocycles. The summed E-state index contributed by atoms with van der Waals surface area (Å²) in [5.74, 6) is 1.40. The summed E-state index contributed by atoms with van der Waals surface area (Å²) in [7, 11) is 0. The number of hydrogen-bond donors (Lipinski definition) is 2. The third-order valence-electron chi connectivity index (χ3n) is 3.02. The molecule has 0 aliphatic carbocycles. The zero-order valence-corrected chi connectivity index (χ0v) is 15.5. The molecule has 0 radical (unpaired) electrons. The van der Waals surface area contributed by atoms with E-state index in [0.29, 0.717) is 5.95 Å². The van der Waals surface area contributed by atoms with Gasteiger partial charge < -0.3 is 10.6 Å². The molecule has 0 aliphatic heterocycles. The van der Waals surface area contributed by atoms with Gasteiger partial charge in [0.25, 0.3) is 0 Å². The van der Waals surface area contributed by atoms with E-state index in [-0.39, 0.29) is 0 Å². The molecule has 6 heteroatoms. The molecule has 0 spiro atoms. The van der Waals surface area contributed by atoms with Crippen molar-refractivity contribution in [2.45, 2.75) is 27.2 Å². The standard InChI is InChI=1S/C15H18Br2N4/c1-4-5-18-15-19-8-12(17)14(21-15)20-13-9(2)6-11(16)7-10(13)3/h6-8H,4-5H2,1-3H3,(H2,18,19,20,21). The monoisotopic (exact) mass is 412 g/mol. The van der Waals surface area contributed by atoms with Crippen LogP contribution in [0.3, 0.4) is 0 Å². The number of aromatic nitrogens is 2. The highest BCUT2D eigenvalue weighted by Crippen LogP contribution is 2.30. The summed E-state index contributed by atoms with van der Waals surface area (Å²) in [6.45, 7) is 7.12. The van der Waals surface area contributed by atoms with E-state index in [1.165, 1.54) is 0 Å². The molecule has 0 bridgehead atoms. The second-order valence-electron chi connectivity index (χ2n) is 4.86. The molecule has 2 N–H and O–H groups in total. The summed E-state index contributed by atoms with van der Waals surface area (Å²) >= 11 is 7.01. The fraction of sp³-hybridized carbons (Fsp3) is 0.333. The van der Waals surface area contributed by atoms with E-state index >= 15 is 0 Å². The van der Waals surface area contributed by atoms with Gasteiger partial charge in [0.1, 0.15) is 5.82 Å². The molecule has 4 nitrogen and oxygen atoms in total. The lowest BCUT2D eigenvalue weighted by Gasteiger charge is -2.14. The third-order valence-corrected chi connectivity index (χ3v) is 4.06. The van der Waals surface area contributed by atoms with Crippen LogP contribution < -0.4 is 10.6 Å². The molecular formula is C15H18Br2N4. The Hall–Kier alpha value is -1.14. The first kappa shape index (κ1) is 16.2. The van der Waals surface area contributed by atoms with E-state index in [1.54, 1.807) is 6.20 Å². The normalized spacial score (nSPS) is 10.5. The van der Waals surface area contributed by atoms with Gasteiger partial charge in [-0.15, -0.1) is 0 Å². The highest BCUT2D eigenvalue weighted by molar-refractivity contribution is 9.10. The maximum atomic E-state index is 4.52. The summed E-state index contributed by atoms with van der Waals surface area (Å²) < 4.78 is 1.92. The Kier molecular flexibility index (Phi) is 5.58. The zero-order valence-electron chi connectivity index (χ0n) is 12.3. The topological polar surface area (TPSA) is 49.8 Å². The molecule has 2 rings (SSSR count). The number of rotatable bonds is 5. The second-order valence-corrected chi connectivity index (χ2v) is 6.63. The molecule has 0 fully saturated rings. The van der Waals surface area contributed by atoms with Gasteiger partial charge in [0.05, 0.1) is 4.47 Å². The van der Waals surface area contributed by atoms with Crippen LogP contribution in [0.15, 0.2) is 27.3 Å². The second kappa shape index (κ2) is 7.22. The Morgan fingerprint density at radius 3 is 2.43 bits per heavy atom. The SMILES string of the molecule is CCCNc1ncc(Br)c(Nc2c(C)cc(Br)cc2C)n1. The van der Waals surface area contributed by atoms with Crippen molar-refractivity contribution in [3.8, 4) is 0 Å². The number of aryl methyl sites for hydroxylation is 2. The first-order valence-electron chi connectivity index (χ1n) is 6.81. The maximum Gasteiger partial charge on any atom is 0.224 e. The van der Waals surface area contributed by atoms with Crippen LogP contribution in [-0.4, -0.2) is 16.5 Å². The van der Waals surface area contributed by atoms with Crippen LogP contribution in [0.2, 0.25) is 0 Å². The minimum absolute atomic E-state index is 0.634. The summed E-state index contributed by atoms with van der Waals surface area (Å²) in [4.78, 5) is 8.78. The quantitative estimate of drug-likeness (QED) is 0.708. The van der Waals surface area contributed by atoms with Gasteiger partial charge in [0, 0.05) is 22.9 Å². The lowest BCUT2D eigenvalue weighted by molar-refractivity contribution is 0.952. The molecule has 2 aromatic rings. The highest BCUT2D eigenvalue weighted by atomic mass is 79.9. The lowest BCUT2D eigenvalue weighted by atomic mass is 10.1. The Labute approximate surface area is 142 Å². The van der Waals surface area contributed by atoms with Gasteiger partial charge in [-0.1, -0.05) is 22.9 Å². The van der Waals surface area contributed by atoms with Crippen LogP contribution in [0.25, 0.3) is 0 Å². The van der Waals surface area contributed by atoms with Crippen molar-refractivity contribution < 1.29 is 0 Å². The first-order chi connectivity index (χ1) is 10.0. The smallest absolute Gasteiger partial charge is 0.224 e. The molecule has 0 amide bonds. The van der Waals surface area contributed by atoms with Gasteiger partial charge in [0.2, 0.25) is 5.95 Å². The Morgan fingerprint density at radius 2 is 1.81 bits per heavy atom. The highest BCUT2D eigenvalue weighted by Gasteiger charge is 2.09. The van der Waals surface area contributed by atoms with Crippen molar-refractivity contribution in [3.05, 3.63) is 38.4 Å². The van der Waals surface area contributed by atoms with Crippen LogP contribution >= 0.6 is 31.9 Å². The van der Waals surface area contributed by atoms with Crippen LogP contribution in [-0.2, 0) is 0 Å². The molecule has 112 valence electrons. The Balaban J connectivity index is 2.31. The van der Waals surface area contributed by atoms with Crippen LogP contribution in [0.4, 0.5) is 17.5 Å². The van der Waals surface area contributed by atoms with Crippen molar-refractivity contribution >= 4 is 49.3 Å². The van der Waals surface area contributed by atoms with E-state index in [2.05, 4.69) is 85.4 Å². The number of hydrogen-bond acceptors (Lipinski definition) is 4. The summed E-state index contributed by atoms with van der Waals surface area (Å²) in [5, 5.41) is 6.59. The van der Waals surface area contributed by atoms with Crippen molar-refractivity contribution in [2.75, 3.05) is 17.2 Å². The average Bonchev–Trinajstić information content (AvgIpc) is 2.43. The zero-order chi connectivity index (χ0) is 15.4. The van der Waals surface area contributed by atoms with Gasteiger partial charge in [-0.25, -0.2) is 4.98 Å². The van der Waals surface area contributed by atoms with E-state index in [1.807, 2.05) is 0 Å². The number of nitrogens with zero attached hydrogens (tertiary/aromatic N) is 2. The Morgan fingerprint density at radius 1 is 1.14 bits per heavy atom. The average molecular weight is 414 g/mol. The summed E-state index contributed by atoms with van der Waals surface area (Å²) in [5.41, 5.74) is 3.39. The predicted octanol–water partition coefficient (Wildman–Crippen LogP) is 5.18. The van der Waals surface area contributed by atoms with Gasteiger partial charge >= 0.3 is 0 Å². The molecule has 0 unspecified atom stereocenters. The number of halogens is 2. The molecule has 1 aromatic carbocycles. The Bertz CT molecular complexity index is 621. The number of nitrogens with one attached hydrogen (secondary N) is 2. The van der Waals surface area contributed by atoms with Crippen LogP contribution in [0.1, 0.15) is 24.5 Å². The third kappa shape index (κ3) is 4.17. The van der Waals surface area contributed by atoms with Gasteiger partial charge in [-0.3, -0.25) is 0 Å². The largest absolute Gasteiger partial charge is 0.354 e. The van der Waals surface area contributed by atoms with Crippen molar-refractivity contribution in [2.24, 2.45) is 0 Å². The van der Waals surface area contributed by atoms with Gasteiger partial charge in [0.15, 0.2) is 0 Å². The molecule has 1 heterocycles. The molecule has 0 aliphatic rings. The van der Waals surface area contributed by atoms with Crippen molar-refractivity contribution in [3.63, 3.8) is 0 Å². The lowest BCUT2D eigenvalue weighted by Crippen LogP contribution is -2.07. The fourth-order valence-corrected chi connectivity index (χ4v) is 2.98. The minimum atomic E-state index is 0.634. The summed E-state index contributed by atoms with van der Waals surface area (Å²) in [6, 6.07) is 4.17. The van der Waals surface area contributed by atoms with E-state index in [0.717, 1.165) is 44.5 Å². The number of anilines is 3. The minimum Gasteiger partial charge on any atom is -0.354 e. The van der Waals surface area contributed by atoms with Gasteiger partial charge in [-0.2, -0.15) is 4.98 Å². The molecule has 0 atom stereocenters. The fourth-order valence-electron chi connectivity index (χ4n) is 2.00. The molecular weight excluding hydrogens is 396 g/mol. The van der Waals surface area contributed by atoms with Crippen molar-refractivity contribution in [1.82, 2.24) is 9.97 Å². The van der Waals surface area contributed by atoms with E-state index < -0.39 is 0 Å². The maximum absolute atomic E-state index is 4.52. The number of benzene rings is 1. The first-order valence-corrected chi connectivity index (χ1v) is 8.40. The molecule has 1 aromatic heterocycles. The van der Waals surface area contributed by atoms with Crippen LogP contribution in [0, 0.1) is 13.8 Å². The van der Waals surface area contributed by atoms with Crippen LogP contribution in [0.5, 0.6) is 0 Å². The predicted molar refractivity (Wildman–Crippen MR) is 95.4 cm³/mol. The molecule has 21 heavy (non-hydrogen) atoms. The van der Waals surface area contributed by atoms with E-state index in [9.17, 15) is 0 Å². The van der Waals surface area contributed by atoms with Crippen molar-refractivity contribution in [1.29, 1.82) is 0 Å². The summed E-state index contributed by atoms with van der Waals surface area (Å²) in [6.07, 6.45) is 2.80.